The summed E-state index contributed by atoms with van der Waals surface area (Å²) in [6.45, 7) is 16.7. The molecule has 0 amide bonds. The van der Waals surface area contributed by atoms with Crippen molar-refractivity contribution in [2.75, 3.05) is 18.0 Å². The van der Waals surface area contributed by atoms with Gasteiger partial charge in [0, 0.05) is 30.0 Å². The molecule has 0 radical (unpaired) electrons. The van der Waals surface area contributed by atoms with Crippen LogP contribution in [0.1, 0.15) is 84.9 Å². The van der Waals surface area contributed by atoms with E-state index >= 15 is 4.39 Å². The van der Waals surface area contributed by atoms with Crippen LogP contribution in [0.3, 0.4) is 0 Å². The maximum atomic E-state index is 15.2. The summed E-state index contributed by atoms with van der Waals surface area (Å²) in [7, 11) is 0. The fourth-order valence-corrected chi connectivity index (χ4v) is 7.01. The minimum atomic E-state index is -4.56. The van der Waals surface area contributed by atoms with Crippen LogP contribution in [0.4, 0.5) is 28.9 Å². The van der Waals surface area contributed by atoms with Gasteiger partial charge in [-0.3, -0.25) is 9.59 Å². The average molecular weight is 624 g/mol. The first-order valence-corrected chi connectivity index (χ1v) is 15.8. The summed E-state index contributed by atoms with van der Waals surface area (Å²) in [5, 5.41) is 0.00850. The minimum Gasteiger partial charge on any atom is -0.362 e. The topological polar surface area (TPSA) is 40.4 Å². The van der Waals surface area contributed by atoms with Gasteiger partial charge in [-0.15, -0.1) is 0 Å². The molecule has 0 aliphatic carbocycles. The lowest BCUT2D eigenvalue weighted by atomic mass is 9.79. The van der Waals surface area contributed by atoms with Crippen molar-refractivity contribution in [3.05, 3.63) is 89.8 Å². The zero-order valence-electron chi connectivity index (χ0n) is 27.4. The van der Waals surface area contributed by atoms with E-state index in [1.165, 1.54) is 18.2 Å². The zero-order valence-corrected chi connectivity index (χ0v) is 27.4. The summed E-state index contributed by atoms with van der Waals surface area (Å²) in [4.78, 5) is 29.4. The molecule has 3 aromatic rings. The number of halogens is 4. The Morgan fingerprint density at radius 1 is 0.889 bits per heavy atom. The smallest absolute Gasteiger partial charge is 0.362 e. The van der Waals surface area contributed by atoms with E-state index in [-0.39, 0.29) is 27.9 Å². The lowest BCUT2D eigenvalue weighted by Crippen LogP contribution is -2.66. The van der Waals surface area contributed by atoms with Crippen LogP contribution in [-0.4, -0.2) is 29.4 Å². The summed E-state index contributed by atoms with van der Waals surface area (Å²) in [6, 6.07) is 8.77. The Morgan fingerprint density at radius 3 is 2.09 bits per heavy atom. The molecule has 1 unspecified atom stereocenters. The maximum absolute atomic E-state index is 15.2. The van der Waals surface area contributed by atoms with Crippen LogP contribution < -0.4 is 26.2 Å². The lowest BCUT2D eigenvalue weighted by molar-refractivity contribution is -0.440. The molecule has 8 heteroatoms. The Labute approximate surface area is 262 Å². The van der Waals surface area contributed by atoms with Gasteiger partial charge in [0.2, 0.25) is 16.5 Å². The van der Waals surface area contributed by atoms with Gasteiger partial charge in [-0.2, -0.15) is 17.7 Å². The predicted octanol–water partition coefficient (Wildman–Crippen LogP) is 6.34. The van der Waals surface area contributed by atoms with Crippen LogP contribution in [0.15, 0.2) is 46.0 Å². The fraction of sp³-hybridized carbons (Fsp3) is 0.486. The van der Waals surface area contributed by atoms with E-state index in [2.05, 4.69) is 13.8 Å². The molecule has 0 spiro atoms. The van der Waals surface area contributed by atoms with Gasteiger partial charge >= 0.3 is 6.18 Å². The van der Waals surface area contributed by atoms with E-state index < -0.39 is 39.5 Å². The van der Waals surface area contributed by atoms with Crippen molar-refractivity contribution < 1.29 is 22.1 Å². The first-order valence-electron chi connectivity index (χ1n) is 15.8. The van der Waals surface area contributed by atoms with Crippen LogP contribution in [0, 0.1) is 17.7 Å². The van der Waals surface area contributed by atoms with Crippen molar-refractivity contribution in [1.29, 1.82) is 0 Å². The second kappa shape index (κ2) is 11.4. The third-order valence-corrected chi connectivity index (χ3v) is 9.72. The molecule has 0 saturated carbocycles. The number of nitrogens with zero attached hydrogens (tertiary/aromatic N) is 2. The highest BCUT2D eigenvalue weighted by Crippen LogP contribution is 2.48. The number of rotatable bonds is 8. The van der Waals surface area contributed by atoms with Gasteiger partial charge in [-0.1, -0.05) is 65.8 Å². The average Bonchev–Trinajstić information content (AvgIpc) is 3.30. The molecule has 0 bridgehead atoms. The minimum absolute atomic E-state index is 0.0338. The molecule has 4 nitrogen and oxygen atoms in total. The normalized spacial score (nSPS) is 18.7. The van der Waals surface area contributed by atoms with Gasteiger partial charge in [0.1, 0.15) is 17.9 Å². The Balaban J connectivity index is 1.67. The molecular weight excluding hydrogens is 580 g/mol. The predicted molar refractivity (Wildman–Crippen MR) is 173 cm³/mol. The maximum Gasteiger partial charge on any atom is 0.422 e. The summed E-state index contributed by atoms with van der Waals surface area (Å²) >= 11 is 0. The van der Waals surface area contributed by atoms with E-state index in [0.29, 0.717) is 42.4 Å². The van der Waals surface area contributed by atoms with Crippen molar-refractivity contribution in [1.82, 2.24) is 0 Å². The second-order valence-electron chi connectivity index (χ2n) is 14.5. The number of hydrogen-bond donors (Lipinski definition) is 0. The van der Waals surface area contributed by atoms with Gasteiger partial charge in [0.15, 0.2) is 5.71 Å². The summed E-state index contributed by atoms with van der Waals surface area (Å²) in [5.74, 6) is 0.260. The van der Waals surface area contributed by atoms with Crippen molar-refractivity contribution in [3.8, 4) is 0 Å². The number of anilines is 1. The molecule has 0 aromatic heterocycles. The third kappa shape index (κ3) is 5.48. The van der Waals surface area contributed by atoms with Crippen molar-refractivity contribution in [2.45, 2.75) is 91.3 Å². The van der Waals surface area contributed by atoms with E-state index in [1.807, 2.05) is 52.5 Å². The molecule has 0 fully saturated rings. The molecule has 2 heterocycles. The molecule has 0 saturated heterocycles. The van der Waals surface area contributed by atoms with Crippen LogP contribution in [0.2, 0.25) is 0 Å². The SMILES string of the molecule is CC(C)CCN1c2c(F)cccc2C(C)(C)C1C=c1c(=O)c(=CC2=[N+](CCC(C)C)c3c(C(F)(F)F)cccc3C2(C)C)c1=O. The van der Waals surface area contributed by atoms with Crippen LogP contribution in [-0.2, 0) is 17.0 Å². The summed E-state index contributed by atoms with van der Waals surface area (Å²) in [5.41, 5.74) is -0.623. The van der Waals surface area contributed by atoms with Gasteiger partial charge in [-0.05, 0) is 55.9 Å². The Kier molecular flexibility index (Phi) is 8.29. The second-order valence-corrected chi connectivity index (χ2v) is 14.5. The molecular formula is C37H43F4N2O2+. The molecule has 2 aliphatic rings. The number of benzene rings is 2. The number of hydrogen-bond acceptors (Lipinski definition) is 3. The number of para-hydroxylation sites is 2. The zero-order chi connectivity index (χ0) is 33.2. The van der Waals surface area contributed by atoms with Gasteiger partial charge in [0.25, 0.3) is 0 Å². The highest BCUT2D eigenvalue weighted by atomic mass is 19.4. The first-order chi connectivity index (χ1) is 20.9. The van der Waals surface area contributed by atoms with Gasteiger partial charge < -0.3 is 4.90 Å². The molecule has 3 aromatic carbocycles. The Morgan fingerprint density at radius 2 is 1.49 bits per heavy atom. The highest BCUT2D eigenvalue weighted by Gasteiger charge is 2.50. The third-order valence-electron chi connectivity index (χ3n) is 9.72. The first kappa shape index (κ1) is 32.8. The Bertz CT molecular complexity index is 1840. The molecule has 240 valence electrons. The highest BCUT2D eigenvalue weighted by molar-refractivity contribution is 6.15. The van der Waals surface area contributed by atoms with E-state index in [1.54, 1.807) is 22.8 Å². The van der Waals surface area contributed by atoms with E-state index in [4.69, 9.17) is 0 Å². The largest absolute Gasteiger partial charge is 0.422 e. The van der Waals surface area contributed by atoms with Crippen LogP contribution in [0.25, 0.3) is 12.2 Å². The summed E-state index contributed by atoms with van der Waals surface area (Å²) < 4.78 is 59.5. The summed E-state index contributed by atoms with van der Waals surface area (Å²) in [6.07, 6.45) is 0.0510. The van der Waals surface area contributed by atoms with Gasteiger partial charge in [0.05, 0.1) is 27.6 Å². The van der Waals surface area contributed by atoms with Crippen LogP contribution in [0.5, 0.6) is 0 Å². The van der Waals surface area contributed by atoms with Crippen molar-refractivity contribution in [2.24, 2.45) is 11.8 Å². The van der Waals surface area contributed by atoms with E-state index in [9.17, 15) is 22.8 Å². The monoisotopic (exact) mass is 623 g/mol. The van der Waals surface area contributed by atoms with Crippen molar-refractivity contribution in [3.63, 3.8) is 0 Å². The lowest BCUT2D eigenvalue weighted by Gasteiger charge is -2.33. The number of alkyl halides is 3. The van der Waals surface area contributed by atoms with Crippen molar-refractivity contribution >= 4 is 29.2 Å². The van der Waals surface area contributed by atoms with Crippen LogP contribution >= 0.6 is 0 Å². The molecule has 1 atom stereocenters. The Hall–Kier alpha value is -3.55. The fourth-order valence-electron chi connectivity index (χ4n) is 7.01. The number of fused-ring (bicyclic) bond motifs is 2. The molecule has 45 heavy (non-hydrogen) atoms. The molecule has 5 rings (SSSR count). The standard InChI is InChI=1S/C37H43F4N2O2/c1-21(2)15-17-42-29(35(5,6)25-11-9-13-27(31(25)42)37(39,40)41)19-23-33(44)24(34(23)45)20-30-36(7,8)26-12-10-14-28(38)32(26)43(30)18-16-22(3)4/h9-14,19-22,30H,15-18H2,1-8H3/q+1. The molecule has 2 aliphatic heterocycles. The van der Waals surface area contributed by atoms with Gasteiger partial charge in [-0.25, -0.2) is 4.39 Å². The quantitative estimate of drug-likeness (QED) is 0.217. The van der Waals surface area contributed by atoms with E-state index in [0.717, 1.165) is 18.1 Å². The molecule has 0 N–H and O–H groups in total.